The van der Waals surface area contributed by atoms with E-state index >= 15 is 0 Å². The van der Waals surface area contributed by atoms with E-state index in [1.165, 1.54) is 73.0 Å². The summed E-state index contributed by atoms with van der Waals surface area (Å²) < 4.78 is 0. The number of aromatic nitrogens is 1. The third kappa shape index (κ3) is 6.61. The lowest BCUT2D eigenvalue weighted by molar-refractivity contribution is 0.866. The minimum atomic E-state index is 1.02. The summed E-state index contributed by atoms with van der Waals surface area (Å²) in [6.07, 6.45) is 8.90. The van der Waals surface area contributed by atoms with Crippen LogP contribution in [-0.2, 0) is 12.8 Å². The molecule has 0 radical (unpaired) electrons. The molecule has 6 rings (SSSR count). The number of benzene rings is 3. The fraction of sp³-hybridized carbons (Fsp3) is 0.372. The van der Waals surface area contributed by atoms with Crippen molar-refractivity contribution < 1.29 is 0 Å². The number of anilines is 3. The van der Waals surface area contributed by atoms with Gasteiger partial charge in [0.25, 0.3) is 0 Å². The monoisotopic (exact) mass is 624 g/mol. The standard InChI is InChI=1S/C43H52N4/c1-7-45(8-2)36-21-13-31(14-22-36)29-34-19-27-39-41(33-17-25-38(26-18-33)47(11-5)12-6)40-28-20-35(43(40)44-42(34)39)30-32-15-23-37(24-16-32)46(9-3)10-4/h13-18,21-26,29-30H,7-12,19-20,27-28H2,1-6H3. The first-order valence-corrected chi connectivity index (χ1v) is 18.0. The van der Waals surface area contributed by atoms with Gasteiger partial charge in [-0.1, -0.05) is 36.4 Å². The number of pyridine rings is 1. The van der Waals surface area contributed by atoms with Crippen LogP contribution in [0.25, 0.3) is 34.4 Å². The van der Waals surface area contributed by atoms with Crippen LogP contribution in [0.2, 0.25) is 0 Å². The van der Waals surface area contributed by atoms with Crippen LogP contribution in [-0.4, -0.2) is 44.3 Å². The maximum absolute atomic E-state index is 5.53. The van der Waals surface area contributed by atoms with Gasteiger partial charge in [-0.2, -0.15) is 0 Å². The zero-order valence-corrected chi connectivity index (χ0v) is 29.4. The number of fused-ring (bicyclic) bond motifs is 2. The molecule has 1 heterocycles. The van der Waals surface area contributed by atoms with E-state index < -0.39 is 0 Å². The molecule has 0 unspecified atom stereocenters. The lowest BCUT2D eigenvalue weighted by Gasteiger charge is -2.22. The number of allylic oxidation sites excluding steroid dienone is 2. The van der Waals surface area contributed by atoms with Crippen molar-refractivity contribution >= 4 is 40.4 Å². The third-order valence-corrected chi connectivity index (χ3v) is 10.3. The molecule has 2 aliphatic rings. The summed E-state index contributed by atoms with van der Waals surface area (Å²) in [5, 5.41) is 0. The first-order valence-electron chi connectivity index (χ1n) is 18.0. The highest BCUT2D eigenvalue weighted by Gasteiger charge is 2.30. The molecule has 1 aromatic heterocycles. The number of hydrogen-bond donors (Lipinski definition) is 0. The summed E-state index contributed by atoms with van der Waals surface area (Å²) in [6.45, 7) is 19.5. The summed E-state index contributed by atoms with van der Waals surface area (Å²) in [7, 11) is 0. The molecule has 47 heavy (non-hydrogen) atoms. The SMILES string of the molecule is CCN(CC)c1ccc(C=C2CCc3c2nc2c(c3-c3ccc(N(CC)CC)cc3)CCC2=Cc2ccc(N(CC)CC)cc2)cc1. The molecule has 244 valence electrons. The highest BCUT2D eigenvalue weighted by molar-refractivity contribution is 5.94. The highest BCUT2D eigenvalue weighted by atomic mass is 15.1. The fourth-order valence-corrected chi connectivity index (χ4v) is 7.64. The molecular formula is C43H52N4. The van der Waals surface area contributed by atoms with E-state index in [1.54, 1.807) is 0 Å². The van der Waals surface area contributed by atoms with Crippen molar-refractivity contribution in [3.63, 3.8) is 0 Å². The van der Waals surface area contributed by atoms with Gasteiger partial charge in [-0.05, 0) is 160 Å². The van der Waals surface area contributed by atoms with Crippen LogP contribution in [0.1, 0.15) is 88.0 Å². The molecule has 0 spiro atoms. The Hall–Kier alpha value is -4.31. The smallest absolute Gasteiger partial charge is 0.0707 e. The first-order chi connectivity index (χ1) is 23.0. The van der Waals surface area contributed by atoms with E-state index in [9.17, 15) is 0 Å². The summed E-state index contributed by atoms with van der Waals surface area (Å²) in [5.74, 6) is 0. The van der Waals surface area contributed by atoms with Crippen molar-refractivity contribution in [2.75, 3.05) is 54.0 Å². The second kappa shape index (κ2) is 14.6. The molecule has 4 aromatic rings. The second-order valence-corrected chi connectivity index (χ2v) is 12.7. The molecular weight excluding hydrogens is 573 g/mol. The quantitative estimate of drug-likeness (QED) is 0.156. The molecule has 0 bridgehead atoms. The Balaban J connectivity index is 1.43. The van der Waals surface area contributed by atoms with Gasteiger partial charge in [0.15, 0.2) is 0 Å². The largest absolute Gasteiger partial charge is 0.372 e. The molecule has 0 N–H and O–H groups in total. The number of nitrogens with zero attached hydrogens (tertiary/aromatic N) is 4. The average molecular weight is 625 g/mol. The van der Waals surface area contributed by atoms with Crippen LogP contribution < -0.4 is 14.7 Å². The summed E-state index contributed by atoms with van der Waals surface area (Å²) in [4.78, 5) is 12.7. The zero-order valence-electron chi connectivity index (χ0n) is 29.4. The summed E-state index contributed by atoms with van der Waals surface area (Å²) in [6, 6.07) is 27.5. The maximum atomic E-state index is 5.53. The van der Waals surface area contributed by atoms with Crippen molar-refractivity contribution in [2.24, 2.45) is 0 Å². The van der Waals surface area contributed by atoms with E-state index in [2.05, 4.69) is 141 Å². The van der Waals surface area contributed by atoms with Crippen molar-refractivity contribution in [2.45, 2.75) is 67.2 Å². The Morgan fingerprint density at radius 1 is 0.468 bits per heavy atom. The molecule has 0 saturated carbocycles. The number of hydrogen-bond acceptors (Lipinski definition) is 4. The lowest BCUT2D eigenvalue weighted by atomic mass is 9.92. The second-order valence-electron chi connectivity index (χ2n) is 12.7. The molecule has 0 fully saturated rings. The molecule has 0 atom stereocenters. The van der Waals surface area contributed by atoms with E-state index in [-0.39, 0.29) is 0 Å². The van der Waals surface area contributed by atoms with Crippen molar-refractivity contribution in [3.8, 4) is 11.1 Å². The Morgan fingerprint density at radius 3 is 1.15 bits per heavy atom. The normalized spacial score (nSPS) is 15.3. The van der Waals surface area contributed by atoms with Gasteiger partial charge in [0.05, 0.1) is 11.4 Å². The van der Waals surface area contributed by atoms with Gasteiger partial charge in [0.1, 0.15) is 0 Å². The van der Waals surface area contributed by atoms with Crippen molar-refractivity contribution in [3.05, 3.63) is 106 Å². The van der Waals surface area contributed by atoms with Gasteiger partial charge in [-0.25, -0.2) is 4.98 Å². The van der Waals surface area contributed by atoms with Crippen LogP contribution in [0.3, 0.4) is 0 Å². The molecule has 0 aliphatic heterocycles. The van der Waals surface area contributed by atoms with E-state index in [0.29, 0.717) is 0 Å². The van der Waals surface area contributed by atoms with E-state index in [4.69, 9.17) is 4.98 Å². The maximum Gasteiger partial charge on any atom is 0.0707 e. The molecule has 3 aromatic carbocycles. The van der Waals surface area contributed by atoms with E-state index in [0.717, 1.165) is 65.0 Å². The van der Waals surface area contributed by atoms with Crippen LogP contribution in [0, 0.1) is 0 Å². The molecule has 0 amide bonds. The third-order valence-electron chi connectivity index (χ3n) is 10.3. The van der Waals surface area contributed by atoms with Gasteiger partial charge < -0.3 is 14.7 Å². The van der Waals surface area contributed by atoms with Gasteiger partial charge in [0, 0.05) is 56.3 Å². The van der Waals surface area contributed by atoms with Gasteiger partial charge >= 0.3 is 0 Å². The van der Waals surface area contributed by atoms with Crippen LogP contribution in [0.15, 0.2) is 72.8 Å². The van der Waals surface area contributed by atoms with Crippen molar-refractivity contribution in [1.29, 1.82) is 0 Å². The Morgan fingerprint density at radius 2 is 0.809 bits per heavy atom. The van der Waals surface area contributed by atoms with Crippen LogP contribution in [0.5, 0.6) is 0 Å². The Bertz CT molecular complexity index is 1620. The van der Waals surface area contributed by atoms with Crippen LogP contribution >= 0.6 is 0 Å². The topological polar surface area (TPSA) is 22.6 Å². The van der Waals surface area contributed by atoms with Gasteiger partial charge in [-0.3, -0.25) is 0 Å². The Labute approximate surface area is 283 Å². The average Bonchev–Trinajstić information content (AvgIpc) is 3.70. The predicted octanol–water partition coefficient (Wildman–Crippen LogP) is 10.3. The van der Waals surface area contributed by atoms with Crippen LogP contribution in [0.4, 0.5) is 17.1 Å². The Kier molecular flexibility index (Phi) is 10.2. The minimum absolute atomic E-state index is 1.02. The predicted molar refractivity (Wildman–Crippen MR) is 206 cm³/mol. The summed E-state index contributed by atoms with van der Waals surface area (Å²) in [5.41, 5.74) is 17.1. The highest BCUT2D eigenvalue weighted by Crippen LogP contribution is 2.46. The molecule has 0 saturated heterocycles. The first kappa shape index (κ1) is 32.6. The fourth-order valence-electron chi connectivity index (χ4n) is 7.64. The van der Waals surface area contributed by atoms with Gasteiger partial charge in [0.2, 0.25) is 0 Å². The number of rotatable bonds is 12. The molecule has 2 aliphatic carbocycles. The van der Waals surface area contributed by atoms with E-state index in [1.807, 2.05) is 0 Å². The lowest BCUT2D eigenvalue weighted by Crippen LogP contribution is -2.21. The van der Waals surface area contributed by atoms with Gasteiger partial charge in [-0.15, -0.1) is 0 Å². The van der Waals surface area contributed by atoms with Crippen molar-refractivity contribution in [1.82, 2.24) is 4.98 Å². The molecule has 4 heteroatoms. The molecule has 4 nitrogen and oxygen atoms in total. The summed E-state index contributed by atoms with van der Waals surface area (Å²) >= 11 is 0. The zero-order chi connectivity index (χ0) is 32.9. The minimum Gasteiger partial charge on any atom is -0.372 e.